The molecule has 0 unspecified atom stereocenters. The number of imidazole rings is 1. The summed E-state index contributed by atoms with van der Waals surface area (Å²) in [5, 5.41) is 0.637. The van der Waals surface area contributed by atoms with Crippen molar-refractivity contribution >= 4 is 17.4 Å². The number of nitrogen functional groups attached to an aromatic ring is 1. The fraction of sp³-hybridized carbons (Fsp3) is 0.100. The summed E-state index contributed by atoms with van der Waals surface area (Å²) >= 11 is 5.91. The molecule has 2 N–H and O–H groups in total. The first-order valence-corrected chi connectivity index (χ1v) is 4.72. The van der Waals surface area contributed by atoms with Gasteiger partial charge in [-0.2, -0.15) is 0 Å². The number of aromatic nitrogens is 2. The highest BCUT2D eigenvalue weighted by atomic mass is 35.5. The third-order valence-electron chi connectivity index (χ3n) is 2.02. The molecule has 1 aromatic carbocycles. The van der Waals surface area contributed by atoms with E-state index in [0.717, 1.165) is 11.4 Å². The quantitative estimate of drug-likeness (QED) is 0.849. The van der Waals surface area contributed by atoms with Gasteiger partial charge in [0.15, 0.2) is 0 Å². The molecular formula is C10H10ClN3O. The predicted molar refractivity (Wildman–Crippen MR) is 59.5 cm³/mol. The van der Waals surface area contributed by atoms with Crippen molar-refractivity contribution in [3.8, 4) is 11.4 Å². The van der Waals surface area contributed by atoms with Crippen LogP contribution in [0.3, 0.4) is 0 Å². The Morgan fingerprint density at radius 1 is 1.47 bits per heavy atom. The summed E-state index contributed by atoms with van der Waals surface area (Å²) < 4.78 is 6.98. The van der Waals surface area contributed by atoms with Crippen LogP contribution in [0.5, 0.6) is 5.75 Å². The van der Waals surface area contributed by atoms with Crippen molar-refractivity contribution in [3.63, 3.8) is 0 Å². The van der Waals surface area contributed by atoms with Gasteiger partial charge in [0.1, 0.15) is 17.9 Å². The molecule has 0 aliphatic rings. The molecule has 15 heavy (non-hydrogen) atoms. The number of anilines is 1. The maximum Gasteiger partial charge on any atom is 0.142 e. The lowest BCUT2D eigenvalue weighted by Gasteiger charge is -2.08. The normalized spacial score (nSPS) is 10.3. The molecule has 1 aromatic heterocycles. The van der Waals surface area contributed by atoms with E-state index in [1.807, 2.05) is 0 Å². The van der Waals surface area contributed by atoms with Gasteiger partial charge in [-0.25, -0.2) is 4.98 Å². The number of nitrogens with zero attached hydrogens (tertiary/aromatic N) is 2. The van der Waals surface area contributed by atoms with Gasteiger partial charge in [-0.1, -0.05) is 11.6 Å². The second-order valence-corrected chi connectivity index (χ2v) is 3.46. The average molecular weight is 224 g/mol. The number of benzene rings is 1. The van der Waals surface area contributed by atoms with E-state index in [0.29, 0.717) is 10.8 Å². The van der Waals surface area contributed by atoms with Gasteiger partial charge in [-0.3, -0.25) is 0 Å². The summed E-state index contributed by atoms with van der Waals surface area (Å²) in [4.78, 5) is 3.94. The van der Waals surface area contributed by atoms with Crippen LogP contribution in [-0.4, -0.2) is 16.7 Å². The van der Waals surface area contributed by atoms with Gasteiger partial charge in [0.05, 0.1) is 19.0 Å². The molecule has 0 aliphatic heterocycles. The molecule has 1 heterocycles. The summed E-state index contributed by atoms with van der Waals surface area (Å²) in [5.74, 6) is 1.17. The number of ether oxygens (including phenoxy) is 1. The molecule has 4 nitrogen and oxygen atoms in total. The van der Waals surface area contributed by atoms with E-state index in [2.05, 4.69) is 4.98 Å². The van der Waals surface area contributed by atoms with Crippen LogP contribution in [0, 0.1) is 0 Å². The van der Waals surface area contributed by atoms with E-state index in [1.54, 1.807) is 42.4 Å². The zero-order valence-electron chi connectivity index (χ0n) is 8.14. The van der Waals surface area contributed by atoms with Crippen LogP contribution in [0.1, 0.15) is 0 Å². The number of nitrogens with two attached hydrogens (primary N) is 1. The van der Waals surface area contributed by atoms with Gasteiger partial charge in [-0.05, 0) is 18.2 Å². The largest absolute Gasteiger partial charge is 0.495 e. The van der Waals surface area contributed by atoms with Crippen LogP contribution in [0.25, 0.3) is 5.69 Å². The Balaban J connectivity index is 2.55. The van der Waals surface area contributed by atoms with Crippen molar-refractivity contribution < 1.29 is 4.74 Å². The topological polar surface area (TPSA) is 53.1 Å². The highest BCUT2D eigenvalue weighted by Crippen LogP contribution is 2.26. The van der Waals surface area contributed by atoms with Gasteiger partial charge in [0.2, 0.25) is 0 Å². The SMILES string of the molecule is COc1ccc(Cl)cc1-n1cnc(N)c1. The predicted octanol–water partition coefficient (Wildman–Crippen LogP) is 2.12. The molecule has 0 radical (unpaired) electrons. The standard InChI is InChI=1S/C10H10ClN3O/c1-15-9-3-2-7(11)4-8(9)14-5-10(12)13-6-14/h2-6H,12H2,1H3. The van der Waals surface area contributed by atoms with Gasteiger partial charge >= 0.3 is 0 Å². The number of hydrogen-bond acceptors (Lipinski definition) is 3. The van der Waals surface area contributed by atoms with Crippen molar-refractivity contribution in [2.24, 2.45) is 0 Å². The van der Waals surface area contributed by atoms with E-state index in [-0.39, 0.29) is 0 Å². The molecule has 0 saturated heterocycles. The number of halogens is 1. The van der Waals surface area contributed by atoms with E-state index in [9.17, 15) is 0 Å². The second kappa shape index (κ2) is 3.82. The zero-order chi connectivity index (χ0) is 10.8. The maximum atomic E-state index is 5.91. The summed E-state index contributed by atoms with van der Waals surface area (Å²) in [7, 11) is 1.60. The monoisotopic (exact) mass is 223 g/mol. The lowest BCUT2D eigenvalue weighted by atomic mass is 10.3. The van der Waals surface area contributed by atoms with Crippen LogP contribution < -0.4 is 10.5 Å². The highest BCUT2D eigenvalue weighted by Gasteiger charge is 2.06. The third-order valence-corrected chi connectivity index (χ3v) is 2.26. The van der Waals surface area contributed by atoms with Gasteiger partial charge < -0.3 is 15.0 Å². The fourth-order valence-corrected chi connectivity index (χ4v) is 1.50. The highest BCUT2D eigenvalue weighted by molar-refractivity contribution is 6.30. The Morgan fingerprint density at radius 3 is 2.87 bits per heavy atom. The molecular weight excluding hydrogens is 214 g/mol. The van der Waals surface area contributed by atoms with Gasteiger partial charge in [0, 0.05) is 5.02 Å². The zero-order valence-corrected chi connectivity index (χ0v) is 8.90. The molecule has 0 aliphatic carbocycles. The molecule has 0 bridgehead atoms. The Morgan fingerprint density at radius 2 is 2.27 bits per heavy atom. The molecule has 0 spiro atoms. The lowest BCUT2D eigenvalue weighted by Crippen LogP contribution is -1.95. The fourth-order valence-electron chi connectivity index (χ4n) is 1.33. The van der Waals surface area contributed by atoms with E-state index >= 15 is 0 Å². The minimum atomic E-state index is 0.456. The van der Waals surface area contributed by atoms with E-state index in [1.165, 1.54) is 0 Å². The third kappa shape index (κ3) is 1.89. The summed E-state index contributed by atoms with van der Waals surface area (Å²) in [6, 6.07) is 5.36. The first-order chi connectivity index (χ1) is 7.20. The Bertz CT molecular complexity index is 481. The van der Waals surface area contributed by atoms with E-state index in [4.69, 9.17) is 22.1 Å². The van der Waals surface area contributed by atoms with Crippen LogP contribution >= 0.6 is 11.6 Å². The Kier molecular flexibility index (Phi) is 2.51. The molecule has 0 amide bonds. The molecule has 0 fully saturated rings. The minimum absolute atomic E-state index is 0.456. The minimum Gasteiger partial charge on any atom is -0.495 e. The van der Waals surface area contributed by atoms with Crippen LogP contribution in [0.15, 0.2) is 30.7 Å². The number of rotatable bonds is 2. The Hall–Kier alpha value is -1.68. The summed E-state index contributed by atoms with van der Waals surface area (Å²) in [6.45, 7) is 0. The molecule has 0 saturated carbocycles. The van der Waals surface area contributed by atoms with Gasteiger partial charge in [-0.15, -0.1) is 0 Å². The van der Waals surface area contributed by atoms with Gasteiger partial charge in [0.25, 0.3) is 0 Å². The molecule has 2 aromatic rings. The molecule has 2 rings (SSSR count). The van der Waals surface area contributed by atoms with Crippen LogP contribution in [-0.2, 0) is 0 Å². The lowest BCUT2D eigenvalue weighted by molar-refractivity contribution is 0.413. The van der Waals surface area contributed by atoms with Crippen molar-refractivity contribution in [2.45, 2.75) is 0 Å². The second-order valence-electron chi connectivity index (χ2n) is 3.02. The van der Waals surface area contributed by atoms with Crippen molar-refractivity contribution in [1.29, 1.82) is 0 Å². The first-order valence-electron chi connectivity index (χ1n) is 4.34. The Labute approximate surface area is 92.2 Å². The first kappa shape index (κ1) is 9.86. The van der Waals surface area contributed by atoms with Crippen LogP contribution in [0.2, 0.25) is 5.02 Å². The molecule has 78 valence electrons. The van der Waals surface area contributed by atoms with E-state index < -0.39 is 0 Å². The summed E-state index contributed by atoms with van der Waals surface area (Å²) in [6.07, 6.45) is 3.32. The smallest absolute Gasteiger partial charge is 0.142 e. The van der Waals surface area contributed by atoms with Crippen molar-refractivity contribution in [3.05, 3.63) is 35.7 Å². The van der Waals surface area contributed by atoms with Crippen molar-refractivity contribution in [1.82, 2.24) is 9.55 Å². The molecule has 0 atom stereocenters. The van der Waals surface area contributed by atoms with Crippen LogP contribution in [0.4, 0.5) is 5.82 Å². The number of methoxy groups -OCH3 is 1. The molecule has 5 heteroatoms. The number of hydrogen-bond donors (Lipinski definition) is 1. The maximum absolute atomic E-state index is 5.91. The average Bonchev–Trinajstić information content (AvgIpc) is 2.65. The summed E-state index contributed by atoms with van der Waals surface area (Å²) in [5.41, 5.74) is 6.35. The van der Waals surface area contributed by atoms with Crippen molar-refractivity contribution in [2.75, 3.05) is 12.8 Å².